The summed E-state index contributed by atoms with van der Waals surface area (Å²) in [5.41, 5.74) is 2.43. The Balaban J connectivity index is 1.12. The third-order valence-electron chi connectivity index (χ3n) is 7.55. The lowest BCUT2D eigenvalue weighted by atomic mass is 9.88. The highest BCUT2D eigenvalue weighted by Crippen LogP contribution is 2.45. The van der Waals surface area contributed by atoms with Crippen molar-refractivity contribution in [2.45, 2.75) is 32.4 Å². The molecular formula is C29H33N3O6. The highest BCUT2D eigenvalue weighted by molar-refractivity contribution is 6.02. The fourth-order valence-electron chi connectivity index (χ4n) is 5.75. The molecule has 0 saturated carbocycles. The van der Waals surface area contributed by atoms with Crippen LogP contribution < -0.4 is 23.8 Å². The highest BCUT2D eigenvalue weighted by Gasteiger charge is 2.38. The van der Waals surface area contributed by atoms with Crippen molar-refractivity contribution in [3.8, 4) is 23.0 Å². The van der Waals surface area contributed by atoms with Crippen LogP contribution in [0.25, 0.3) is 5.57 Å². The summed E-state index contributed by atoms with van der Waals surface area (Å²) in [5, 5.41) is 0. The highest BCUT2D eigenvalue weighted by atomic mass is 16.6. The van der Waals surface area contributed by atoms with E-state index in [0.717, 1.165) is 16.8 Å². The van der Waals surface area contributed by atoms with Crippen LogP contribution in [0.1, 0.15) is 26.3 Å². The van der Waals surface area contributed by atoms with Crippen molar-refractivity contribution < 1.29 is 28.5 Å². The second-order valence-corrected chi connectivity index (χ2v) is 10.7. The number of rotatable bonds is 3. The molecule has 2 aromatic rings. The Hall–Kier alpha value is -3.72. The van der Waals surface area contributed by atoms with Crippen molar-refractivity contribution in [3.63, 3.8) is 0 Å². The predicted octanol–water partition coefficient (Wildman–Crippen LogP) is 2.97. The van der Waals surface area contributed by atoms with Crippen LogP contribution >= 0.6 is 0 Å². The molecule has 0 N–H and O–H groups in total. The van der Waals surface area contributed by atoms with Crippen LogP contribution in [-0.2, 0) is 9.59 Å². The SMILES string of the molecule is CC1=CC(C)(C)N(C(=O)CN2CCN(C(=O)C3COc4ccccc4O3)CC2)c2cc3c(cc21)OCCO3. The van der Waals surface area contributed by atoms with Crippen molar-refractivity contribution in [1.29, 1.82) is 0 Å². The summed E-state index contributed by atoms with van der Waals surface area (Å²) in [5.74, 6) is 2.56. The molecule has 9 nitrogen and oxygen atoms in total. The number of fused-ring (bicyclic) bond motifs is 3. The van der Waals surface area contributed by atoms with Gasteiger partial charge in [-0.05, 0) is 44.5 Å². The number of nitrogens with zero attached hydrogens (tertiary/aromatic N) is 3. The van der Waals surface area contributed by atoms with Crippen molar-refractivity contribution in [2.75, 3.05) is 57.4 Å². The smallest absolute Gasteiger partial charge is 0.267 e. The number of amides is 2. The fraction of sp³-hybridized carbons (Fsp3) is 0.448. The van der Waals surface area contributed by atoms with Crippen LogP contribution in [0.3, 0.4) is 0 Å². The Morgan fingerprint density at radius 3 is 2.34 bits per heavy atom. The number of piperazine rings is 1. The largest absolute Gasteiger partial charge is 0.486 e. The Labute approximate surface area is 222 Å². The fourth-order valence-corrected chi connectivity index (χ4v) is 5.75. The molecule has 1 saturated heterocycles. The van der Waals surface area contributed by atoms with E-state index in [0.29, 0.717) is 62.4 Å². The molecule has 4 aliphatic heterocycles. The third-order valence-corrected chi connectivity index (χ3v) is 7.55. The van der Waals surface area contributed by atoms with E-state index < -0.39 is 11.6 Å². The molecule has 2 aromatic carbocycles. The van der Waals surface area contributed by atoms with Crippen molar-refractivity contribution in [3.05, 3.63) is 48.0 Å². The molecular weight excluding hydrogens is 486 g/mol. The molecule has 0 spiro atoms. The van der Waals surface area contributed by atoms with Crippen LogP contribution in [-0.4, -0.2) is 85.8 Å². The first kappa shape index (κ1) is 24.6. The van der Waals surface area contributed by atoms with Gasteiger partial charge in [0.05, 0.1) is 17.8 Å². The number of carbonyl (C=O) groups is 2. The van der Waals surface area contributed by atoms with Gasteiger partial charge in [-0.2, -0.15) is 0 Å². The van der Waals surface area contributed by atoms with Crippen LogP contribution in [0, 0.1) is 0 Å². The minimum Gasteiger partial charge on any atom is -0.486 e. The molecule has 1 fully saturated rings. The monoisotopic (exact) mass is 519 g/mol. The van der Waals surface area contributed by atoms with E-state index in [4.69, 9.17) is 18.9 Å². The van der Waals surface area contributed by atoms with Gasteiger partial charge in [-0.3, -0.25) is 14.5 Å². The standard InChI is InChI=1S/C29H33N3O6/c1-19-16-29(2,3)32(21-15-25-24(14-20(19)21)35-12-13-36-25)27(33)17-30-8-10-31(11-9-30)28(34)26-18-37-22-6-4-5-7-23(22)38-26/h4-7,14-16,26H,8-13,17-18H2,1-3H3. The molecule has 4 heterocycles. The maximum atomic E-state index is 13.8. The van der Waals surface area contributed by atoms with Gasteiger partial charge < -0.3 is 28.7 Å². The first-order valence-corrected chi connectivity index (χ1v) is 13.2. The molecule has 0 radical (unpaired) electrons. The van der Waals surface area contributed by atoms with Crippen LogP contribution in [0.2, 0.25) is 0 Å². The van der Waals surface area contributed by atoms with Gasteiger partial charge in [0.2, 0.25) is 12.0 Å². The molecule has 9 heteroatoms. The predicted molar refractivity (Wildman–Crippen MR) is 142 cm³/mol. The second-order valence-electron chi connectivity index (χ2n) is 10.7. The lowest BCUT2D eigenvalue weighted by Gasteiger charge is -2.43. The van der Waals surface area contributed by atoms with Gasteiger partial charge in [0.25, 0.3) is 5.91 Å². The average molecular weight is 520 g/mol. The van der Waals surface area contributed by atoms with Gasteiger partial charge in [0.1, 0.15) is 19.8 Å². The Kier molecular flexibility index (Phi) is 6.18. The topological polar surface area (TPSA) is 80.8 Å². The summed E-state index contributed by atoms with van der Waals surface area (Å²) in [4.78, 5) is 32.7. The lowest BCUT2D eigenvalue weighted by molar-refractivity contribution is -0.143. The molecule has 0 aromatic heterocycles. The summed E-state index contributed by atoms with van der Waals surface area (Å²) < 4.78 is 23.2. The summed E-state index contributed by atoms with van der Waals surface area (Å²) in [7, 11) is 0. The Morgan fingerprint density at radius 1 is 0.921 bits per heavy atom. The number of hydrogen-bond acceptors (Lipinski definition) is 7. The Morgan fingerprint density at radius 2 is 1.61 bits per heavy atom. The number of allylic oxidation sites excluding steroid dienone is 1. The van der Waals surface area contributed by atoms with E-state index in [1.807, 2.05) is 41.3 Å². The minimum absolute atomic E-state index is 0.0112. The molecule has 6 rings (SSSR count). The van der Waals surface area contributed by atoms with E-state index >= 15 is 0 Å². The van der Waals surface area contributed by atoms with Crippen LogP contribution in [0.4, 0.5) is 5.69 Å². The zero-order chi connectivity index (χ0) is 26.4. The summed E-state index contributed by atoms with van der Waals surface area (Å²) in [6, 6.07) is 11.3. The van der Waals surface area contributed by atoms with Gasteiger partial charge in [-0.15, -0.1) is 0 Å². The quantitative estimate of drug-likeness (QED) is 0.617. The minimum atomic E-state index is -0.657. The number of hydrogen-bond donors (Lipinski definition) is 0. The maximum Gasteiger partial charge on any atom is 0.267 e. The molecule has 4 aliphatic rings. The first-order chi connectivity index (χ1) is 18.3. The lowest BCUT2D eigenvalue weighted by Crippen LogP contribution is -2.57. The third kappa shape index (κ3) is 4.45. The first-order valence-electron chi connectivity index (χ1n) is 13.2. The molecule has 38 heavy (non-hydrogen) atoms. The van der Waals surface area contributed by atoms with Crippen molar-refractivity contribution in [2.24, 2.45) is 0 Å². The van der Waals surface area contributed by atoms with E-state index in [9.17, 15) is 9.59 Å². The van der Waals surface area contributed by atoms with Gasteiger partial charge in [-0.1, -0.05) is 18.2 Å². The number of para-hydroxylation sites is 2. The van der Waals surface area contributed by atoms with Crippen LogP contribution in [0.5, 0.6) is 23.0 Å². The molecule has 2 amide bonds. The molecule has 200 valence electrons. The van der Waals surface area contributed by atoms with Gasteiger partial charge in [0, 0.05) is 37.8 Å². The van der Waals surface area contributed by atoms with Crippen molar-refractivity contribution >= 4 is 23.1 Å². The van der Waals surface area contributed by atoms with Gasteiger partial charge in [0.15, 0.2) is 23.0 Å². The van der Waals surface area contributed by atoms with Crippen molar-refractivity contribution in [1.82, 2.24) is 9.80 Å². The van der Waals surface area contributed by atoms with Gasteiger partial charge in [-0.25, -0.2) is 0 Å². The number of carbonyl (C=O) groups excluding carboxylic acids is 2. The maximum absolute atomic E-state index is 13.8. The van der Waals surface area contributed by atoms with Crippen LogP contribution in [0.15, 0.2) is 42.5 Å². The summed E-state index contributed by atoms with van der Waals surface area (Å²) in [6.07, 6.45) is 1.47. The average Bonchev–Trinajstić information content (AvgIpc) is 2.91. The summed E-state index contributed by atoms with van der Waals surface area (Å²) >= 11 is 0. The second kappa shape index (κ2) is 9.54. The number of benzene rings is 2. The molecule has 0 bridgehead atoms. The molecule has 1 unspecified atom stereocenters. The molecule has 1 atom stereocenters. The van der Waals surface area contributed by atoms with E-state index in [1.165, 1.54) is 0 Å². The zero-order valence-corrected chi connectivity index (χ0v) is 22.1. The Bertz CT molecular complexity index is 1300. The van der Waals surface area contributed by atoms with E-state index in [1.54, 1.807) is 4.90 Å². The number of ether oxygens (including phenoxy) is 4. The zero-order valence-electron chi connectivity index (χ0n) is 22.1. The van der Waals surface area contributed by atoms with Gasteiger partial charge >= 0.3 is 0 Å². The molecule has 0 aliphatic carbocycles. The number of anilines is 1. The van der Waals surface area contributed by atoms with E-state index in [-0.39, 0.29) is 25.0 Å². The van der Waals surface area contributed by atoms with E-state index in [2.05, 4.69) is 31.7 Å². The normalized spacial score (nSPS) is 21.9. The summed E-state index contributed by atoms with van der Waals surface area (Å²) in [6.45, 7) is 9.93.